The third-order valence-electron chi connectivity index (χ3n) is 5.24. The van der Waals surface area contributed by atoms with Crippen molar-refractivity contribution in [2.24, 2.45) is 0 Å². The first-order valence-electron chi connectivity index (χ1n) is 10.1. The first-order chi connectivity index (χ1) is 14.9. The van der Waals surface area contributed by atoms with E-state index in [4.69, 9.17) is 14.5 Å². The second-order valence-corrected chi connectivity index (χ2v) is 9.16. The Morgan fingerprint density at radius 3 is 2.87 bits per heavy atom. The van der Waals surface area contributed by atoms with Gasteiger partial charge in [0.15, 0.2) is 5.13 Å². The van der Waals surface area contributed by atoms with Crippen LogP contribution in [0.15, 0.2) is 36.5 Å². The number of hydrogen-bond donors (Lipinski definition) is 2. The molecule has 9 heteroatoms. The van der Waals surface area contributed by atoms with E-state index in [-0.39, 0.29) is 11.4 Å². The van der Waals surface area contributed by atoms with E-state index in [1.807, 2.05) is 44.2 Å². The van der Waals surface area contributed by atoms with Crippen LogP contribution in [0, 0.1) is 0 Å². The summed E-state index contributed by atoms with van der Waals surface area (Å²) < 4.78 is 11.0. The average Bonchev–Trinajstić information content (AvgIpc) is 3.17. The summed E-state index contributed by atoms with van der Waals surface area (Å²) >= 11 is 1.43. The van der Waals surface area contributed by atoms with Crippen molar-refractivity contribution in [1.29, 1.82) is 0 Å². The maximum atomic E-state index is 12.5. The molecule has 160 valence electrons. The number of fused-ring (bicyclic) bond motifs is 2. The highest BCUT2D eigenvalue weighted by Crippen LogP contribution is 2.42. The number of benzene rings is 1. The number of methoxy groups -OCH3 is 1. The quantitative estimate of drug-likeness (QED) is 0.640. The number of aromatic nitrogens is 2. The molecule has 4 heterocycles. The standard InChI is InChI=1S/C22H23N5O3S/c1-22(2)11-15-19(20(28)26-22)31-21(25-15)27-8-9-30-17-6-4-13(10-16(17)27)24-14-5-7-18(29-3)23-12-14/h4-7,10,12,24H,8-9,11H2,1-3H3,(H,26,28). The molecule has 2 aromatic heterocycles. The number of ether oxygens (including phenoxy) is 2. The second-order valence-electron chi connectivity index (χ2n) is 8.18. The van der Waals surface area contributed by atoms with Gasteiger partial charge in [-0.3, -0.25) is 4.79 Å². The van der Waals surface area contributed by atoms with E-state index in [1.165, 1.54) is 11.3 Å². The minimum Gasteiger partial charge on any atom is -0.490 e. The van der Waals surface area contributed by atoms with Crippen LogP contribution in [0.5, 0.6) is 11.6 Å². The van der Waals surface area contributed by atoms with Crippen LogP contribution in [0.2, 0.25) is 0 Å². The maximum absolute atomic E-state index is 12.5. The maximum Gasteiger partial charge on any atom is 0.263 e. The van der Waals surface area contributed by atoms with Gasteiger partial charge in [-0.15, -0.1) is 0 Å². The van der Waals surface area contributed by atoms with Gasteiger partial charge >= 0.3 is 0 Å². The largest absolute Gasteiger partial charge is 0.490 e. The van der Waals surface area contributed by atoms with E-state index < -0.39 is 0 Å². The Labute approximate surface area is 184 Å². The topological polar surface area (TPSA) is 88.6 Å². The van der Waals surface area contributed by atoms with Gasteiger partial charge in [0, 0.05) is 23.7 Å². The summed E-state index contributed by atoms with van der Waals surface area (Å²) in [7, 11) is 1.59. The number of hydrogen-bond acceptors (Lipinski definition) is 8. The smallest absolute Gasteiger partial charge is 0.263 e. The van der Waals surface area contributed by atoms with Crippen molar-refractivity contribution < 1.29 is 14.3 Å². The number of thiazole rings is 1. The summed E-state index contributed by atoms with van der Waals surface area (Å²) in [5.41, 5.74) is 3.25. The molecule has 0 bridgehead atoms. The number of carbonyl (C=O) groups excluding carboxylic acids is 1. The minimum absolute atomic E-state index is 0.0501. The molecular formula is C22H23N5O3S. The molecule has 0 unspecified atom stereocenters. The Morgan fingerprint density at radius 2 is 2.10 bits per heavy atom. The van der Waals surface area contributed by atoms with Gasteiger partial charge in [-0.05, 0) is 38.1 Å². The number of pyridine rings is 1. The normalized spacial score (nSPS) is 16.6. The van der Waals surface area contributed by atoms with Crippen LogP contribution in [0.3, 0.4) is 0 Å². The van der Waals surface area contributed by atoms with E-state index in [0.29, 0.717) is 30.3 Å². The number of nitrogens with zero attached hydrogens (tertiary/aromatic N) is 3. The number of rotatable bonds is 4. The van der Waals surface area contributed by atoms with Gasteiger partial charge in [0.25, 0.3) is 5.91 Å². The van der Waals surface area contributed by atoms with Crippen LogP contribution < -0.4 is 25.0 Å². The molecule has 0 aliphatic carbocycles. The molecular weight excluding hydrogens is 414 g/mol. The Balaban J connectivity index is 1.46. The summed E-state index contributed by atoms with van der Waals surface area (Å²) in [5.74, 6) is 1.31. The summed E-state index contributed by atoms with van der Waals surface area (Å²) in [6.07, 6.45) is 2.44. The van der Waals surface area contributed by atoms with Crippen molar-refractivity contribution >= 4 is 39.4 Å². The molecule has 2 aliphatic heterocycles. The van der Waals surface area contributed by atoms with Gasteiger partial charge in [-0.2, -0.15) is 0 Å². The molecule has 0 radical (unpaired) electrons. The highest BCUT2D eigenvalue weighted by atomic mass is 32.1. The molecule has 8 nitrogen and oxygen atoms in total. The van der Waals surface area contributed by atoms with Crippen LogP contribution >= 0.6 is 11.3 Å². The zero-order valence-corrected chi connectivity index (χ0v) is 18.4. The summed E-state index contributed by atoms with van der Waals surface area (Å²) in [6.45, 7) is 5.26. The molecule has 0 atom stereocenters. The van der Waals surface area contributed by atoms with Crippen molar-refractivity contribution in [1.82, 2.24) is 15.3 Å². The van der Waals surface area contributed by atoms with Gasteiger partial charge in [0.1, 0.15) is 17.2 Å². The second kappa shape index (κ2) is 7.42. The molecule has 2 N–H and O–H groups in total. The van der Waals surface area contributed by atoms with Crippen molar-refractivity contribution in [2.45, 2.75) is 25.8 Å². The first kappa shape index (κ1) is 19.6. The van der Waals surface area contributed by atoms with Gasteiger partial charge in [0.05, 0.1) is 36.9 Å². The zero-order chi connectivity index (χ0) is 21.6. The zero-order valence-electron chi connectivity index (χ0n) is 17.6. The van der Waals surface area contributed by atoms with Crippen molar-refractivity contribution in [3.63, 3.8) is 0 Å². The van der Waals surface area contributed by atoms with Gasteiger partial charge < -0.3 is 25.0 Å². The van der Waals surface area contributed by atoms with Gasteiger partial charge in [-0.25, -0.2) is 9.97 Å². The van der Waals surface area contributed by atoms with Crippen molar-refractivity contribution in [3.05, 3.63) is 47.1 Å². The summed E-state index contributed by atoms with van der Waals surface area (Å²) in [4.78, 5) is 24.4. The number of carbonyl (C=O) groups is 1. The Bertz CT molecular complexity index is 1140. The first-order valence-corrected chi connectivity index (χ1v) is 10.9. The fourth-order valence-corrected chi connectivity index (χ4v) is 4.83. The molecule has 1 amide bonds. The van der Waals surface area contributed by atoms with Crippen LogP contribution in [0.4, 0.5) is 22.2 Å². The molecule has 31 heavy (non-hydrogen) atoms. The van der Waals surface area contributed by atoms with Gasteiger partial charge in [0.2, 0.25) is 5.88 Å². The fourth-order valence-electron chi connectivity index (χ4n) is 3.81. The summed E-state index contributed by atoms with van der Waals surface area (Å²) in [5, 5.41) is 7.23. The predicted molar refractivity (Wildman–Crippen MR) is 120 cm³/mol. The molecule has 1 aromatic carbocycles. The Hall–Kier alpha value is -3.33. The lowest BCUT2D eigenvalue weighted by molar-refractivity contribution is 0.0901. The highest BCUT2D eigenvalue weighted by Gasteiger charge is 2.34. The molecule has 0 saturated carbocycles. The van der Waals surface area contributed by atoms with Crippen LogP contribution in [0.1, 0.15) is 29.2 Å². The average molecular weight is 438 g/mol. The van der Waals surface area contributed by atoms with Crippen molar-refractivity contribution in [3.8, 4) is 11.6 Å². The lowest BCUT2D eigenvalue weighted by Crippen LogP contribution is -2.48. The number of nitrogens with one attached hydrogen (secondary N) is 2. The van der Waals surface area contributed by atoms with E-state index in [1.54, 1.807) is 13.3 Å². The summed E-state index contributed by atoms with van der Waals surface area (Å²) in [6, 6.07) is 9.67. The highest BCUT2D eigenvalue weighted by molar-refractivity contribution is 7.17. The molecule has 0 saturated heterocycles. The Kier molecular flexibility index (Phi) is 4.70. The van der Waals surface area contributed by atoms with Crippen LogP contribution in [-0.2, 0) is 6.42 Å². The monoisotopic (exact) mass is 437 g/mol. The molecule has 0 spiro atoms. The molecule has 5 rings (SSSR count). The van der Waals surface area contributed by atoms with E-state index >= 15 is 0 Å². The third-order valence-corrected chi connectivity index (χ3v) is 6.36. The van der Waals surface area contributed by atoms with Crippen LogP contribution in [-0.4, -0.2) is 41.7 Å². The SMILES string of the molecule is COc1ccc(Nc2ccc3c(c2)N(c2nc4c(s2)C(=O)NC(C)(C)C4)CCO3)cn1. The molecule has 2 aliphatic rings. The van der Waals surface area contributed by atoms with E-state index in [0.717, 1.165) is 33.6 Å². The molecule has 3 aromatic rings. The molecule has 0 fully saturated rings. The van der Waals surface area contributed by atoms with E-state index in [2.05, 4.69) is 20.5 Å². The minimum atomic E-state index is -0.290. The van der Waals surface area contributed by atoms with Crippen LogP contribution in [0.25, 0.3) is 0 Å². The fraction of sp³-hybridized carbons (Fsp3) is 0.318. The predicted octanol–water partition coefficient (Wildman–Crippen LogP) is 3.89. The van der Waals surface area contributed by atoms with Gasteiger partial charge in [-0.1, -0.05) is 11.3 Å². The number of amides is 1. The lowest BCUT2D eigenvalue weighted by atomic mass is 9.94. The number of anilines is 4. The Morgan fingerprint density at radius 1 is 1.26 bits per heavy atom. The third kappa shape index (κ3) is 3.76. The van der Waals surface area contributed by atoms with Crippen molar-refractivity contribution in [2.75, 3.05) is 30.5 Å². The van der Waals surface area contributed by atoms with E-state index in [9.17, 15) is 4.79 Å². The lowest BCUT2D eigenvalue weighted by Gasteiger charge is -2.30.